The fraction of sp³-hybridized carbons (Fsp3) is 0. The van der Waals surface area contributed by atoms with Crippen molar-refractivity contribution in [1.29, 1.82) is 0 Å². The van der Waals surface area contributed by atoms with Crippen molar-refractivity contribution >= 4 is 40.5 Å². The number of anilines is 1. The van der Waals surface area contributed by atoms with E-state index in [0.29, 0.717) is 6.07 Å². The molecule has 2 aromatic carbocycles. The summed E-state index contributed by atoms with van der Waals surface area (Å²) < 4.78 is 26.8. The molecular formula is C13H6Cl2F2N2O3. The van der Waals surface area contributed by atoms with E-state index >= 15 is 0 Å². The summed E-state index contributed by atoms with van der Waals surface area (Å²) in [4.78, 5) is 21.5. The average molecular weight is 347 g/mol. The Morgan fingerprint density at radius 1 is 1.09 bits per heavy atom. The van der Waals surface area contributed by atoms with Crippen LogP contribution in [0.4, 0.5) is 20.2 Å². The summed E-state index contributed by atoms with van der Waals surface area (Å²) in [5.41, 5.74) is -1.47. The van der Waals surface area contributed by atoms with Gasteiger partial charge in [0.1, 0.15) is 5.82 Å². The zero-order chi connectivity index (χ0) is 16.4. The molecule has 0 unspecified atom stereocenters. The minimum Gasteiger partial charge on any atom is -0.322 e. The Labute approximate surface area is 132 Å². The van der Waals surface area contributed by atoms with E-state index in [9.17, 15) is 23.7 Å². The van der Waals surface area contributed by atoms with Crippen LogP contribution in [0, 0.1) is 21.7 Å². The van der Waals surface area contributed by atoms with Gasteiger partial charge in [0, 0.05) is 17.8 Å². The molecule has 0 aromatic heterocycles. The Morgan fingerprint density at radius 3 is 2.36 bits per heavy atom. The van der Waals surface area contributed by atoms with Gasteiger partial charge >= 0.3 is 5.69 Å². The van der Waals surface area contributed by atoms with E-state index in [1.54, 1.807) is 0 Å². The van der Waals surface area contributed by atoms with Gasteiger partial charge in [0.05, 0.1) is 20.5 Å². The quantitative estimate of drug-likeness (QED) is 0.659. The number of rotatable bonds is 3. The third-order valence-electron chi connectivity index (χ3n) is 2.66. The second kappa shape index (κ2) is 6.25. The van der Waals surface area contributed by atoms with Crippen LogP contribution < -0.4 is 5.32 Å². The van der Waals surface area contributed by atoms with E-state index in [4.69, 9.17) is 23.2 Å². The molecular weight excluding hydrogens is 341 g/mol. The molecule has 0 aliphatic carbocycles. The molecule has 0 radical (unpaired) electrons. The zero-order valence-electron chi connectivity index (χ0n) is 10.6. The third kappa shape index (κ3) is 3.32. The SMILES string of the molecule is O=C(Nc1ccc(Cl)c(Cl)c1)c1cc([N+](=O)[O-])c(F)cc1F. The van der Waals surface area contributed by atoms with E-state index < -0.39 is 33.7 Å². The standard InChI is InChI=1S/C13H6Cl2F2N2O3/c14-8-2-1-6(3-9(8)15)18-13(20)7-4-12(19(21)22)11(17)5-10(7)16/h1-5H,(H,18,20). The summed E-state index contributed by atoms with van der Waals surface area (Å²) in [6.45, 7) is 0. The average Bonchev–Trinajstić information content (AvgIpc) is 2.42. The van der Waals surface area contributed by atoms with Crippen molar-refractivity contribution in [3.8, 4) is 0 Å². The van der Waals surface area contributed by atoms with E-state index in [1.165, 1.54) is 18.2 Å². The molecule has 1 N–H and O–H groups in total. The highest BCUT2D eigenvalue weighted by molar-refractivity contribution is 6.42. The van der Waals surface area contributed by atoms with Crippen LogP contribution in [0.3, 0.4) is 0 Å². The summed E-state index contributed by atoms with van der Waals surface area (Å²) in [5, 5.41) is 13.3. The number of carbonyl (C=O) groups is 1. The molecule has 0 saturated heterocycles. The molecule has 0 saturated carbocycles. The van der Waals surface area contributed by atoms with Gasteiger partial charge in [0.25, 0.3) is 5.91 Å². The molecule has 0 fully saturated rings. The van der Waals surface area contributed by atoms with Crippen molar-refractivity contribution < 1.29 is 18.5 Å². The van der Waals surface area contributed by atoms with Gasteiger partial charge < -0.3 is 5.32 Å². The lowest BCUT2D eigenvalue weighted by atomic mass is 10.1. The Bertz CT molecular complexity index is 784. The number of hydrogen-bond donors (Lipinski definition) is 1. The van der Waals surface area contributed by atoms with Crippen molar-refractivity contribution in [3.63, 3.8) is 0 Å². The Kier molecular flexibility index (Phi) is 4.58. The smallest absolute Gasteiger partial charge is 0.305 e. The fourth-order valence-electron chi connectivity index (χ4n) is 1.62. The molecule has 0 aliphatic rings. The number of hydrogen-bond acceptors (Lipinski definition) is 3. The van der Waals surface area contributed by atoms with Crippen LogP contribution >= 0.6 is 23.2 Å². The third-order valence-corrected chi connectivity index (χ3v) is 3.39. The van der Waals surface area contributed by atoms with Crippen LogP contribution in [0.25, 0.3) is 0 Å². The molecule has 9 heteroatoms. The second-order valence-electron chi connectivity index (χ2n) is 4.12. The van der Waals surface area contributed by atoms with Crippen molar-refractivity contribution in [2.45, 2.75) is 0 Å². The predicted octanol–water partition coefficient (Wildman–Crippen LogP) is 4.43. The van der Waals surface area contributed by atoms with Gasteiger partial charge in [0.15, 0.2) is 0 Å². The number of halogens is 4. The maximum absolute atomic E-state index is 13.6. The molecule has 114 valence electrons. The monoisotopic (exact) mass is 346 g/mol. The normalized spacial score (nSPS) is 10.4. The number of nitrogens with one attached hydrogen (secondary N) is 1. The van der Waals surface area contributed by atoms with Gasteiger partial charge in [0.2, 0.25) is 5.82 Å². The Balaban J connectivity index is 2.35. The summed E-state index contributed by atoms with van der Waals surface area (Å²) in [7, 11) is 0. The maximum Gasteiger partial charge on any atom is 0.305 e. The van der Waals surface area contributed by atoms with Crippen LogP contribution in [-0.2, 0) is 0 Å². The topological polar surface area (TPSA) is 72.2 Å². The first-order chi connectivity index (χ1) is 10.3. The van der Waals surface area contributed by atoms with E-state index in [-0.39, 0.29) is 21.8 Å². The molecule has 2 aromatic rings. The number of amides is 1. The first-order valence-electron chi connectivity index (χ1n) is 5.69. The molecule has 1 amide bonds. The van der Waals surface area contributed by atoms with E-state index in [0.717, 1.165) is 0 Å². The van der Waals surface area contributed by atoms with Gasteiger partial charge in [-0.15, -0.1) is 0 Å². The molecule has 0 atom stereocenters. The van der Waals surface area contributed by atoms with Crippen molar-refractivity contribution in [1.82, 2.24) is 0 Å². The highest BCUT2D eigenvalue weighted by Gasteiger charge is 2.22. The highest BCUT2D eigenvalue weighted by Crippen LogP contribution is 2.26. The van der Waals surface area contributed by atoms with Gasteiger partial charge in [-0.05, 0) is 18.2 Å². The first kappa shape index (κ1) is 16.1. The van der Waals surface area contributed by atoms with Crippen LogP contribution in [0.5, 0.6) is 0 Å². The molecule has 0 bridgehead atoms. The molecule has 0 spiro atoms. The highest BCUT2D eigenvalue weighted by atomic mass is 35.5. The first-order valence-corrected chi connectivity index (χ1v) is 6.45. The molecule has 22 heavy (non-hydrogen) atoms. The second-order valence-corrected chi connectivity index (χ2v) is 4.94. The summed E-state index contributed by atoms with van der Waals surface area (Å²) in [6.07, 6.45) is 0. The zero-order valence-corrected chi connectivity index (χ0v) is 12.1. The van der Waals surface area contributed by atoms with Gasteiger partial charge in [-0.25, -0.2) is 4.39 Å². The van der Waals surface area contributed by atoms with Crippen molar-refractivity contribution in [2.24, 2.45) is 0 Å². The minimum atomic E-state index is -1.37. The van der Waals surface area contributed by atoms with E-state index in [1.807, 2.05) is 0 Å². The number of nitrogens with zero attached hydrogens (tertiary/aromatic N) is 1. The minimum absolute atomic E-state index is 0.157. The van der Waals surface area contributed by atoms with Crippen molar-refractivity contribution in [3.05, 3.63) is 67.7 Å². The molecule has 5 nitrogen and oxygen atoms in total. The summed E-state index contributed by atoms with van der Waals surface area (Å²) >= 11 is 11.5. The number of benzene rings is 2. The van der Waals surface area contributed by atoms with Gasteiger partial charge in [-0.3, -0.25) is 14.9 Å². The van der Waals surface area contributed by atoms with Gasteiger partial charge in [-0.1, -0.05) is 23.2 Å². The number of carbonyl (C=O) groups excluding carboxylic acids is 1. The maximum atomic E-state index is 13.6. The summed E-state index contributed by atoms with van der Waals surface area (Å²) in [6, 6.07) is 4.93. The van der Waals surface area contributed by atoms with Crippen LogP contribution in [0.15, 0.2) is 30.3 Å². The Morgan fingerprint density at radius 2 is 1.77 bits per heavy atom. The van der Waals surface area contributed by atoms with E-state index in [2.05, 4.69) is 5.32 Å². The molecule has 2 rings (SSSR count). The van der Waals surface area contributed by atoms with Crippen LogP contribution in [0.1, 0.15) is 10.4 Å². The Hall–Kier alpha value is -2.25. The molecule has 0 heterocycles. The largest absolute Gasteiger partial charge is 0.322 e. The van der Waals surface area contributed by atoms with Crippen molar-refractivity contribution in [2.75, 3.05) is 5.32 Å². The van der Waals surface area contributed by atoms with Crippen LogP contribution in [-0.4, -0.2) is 10.8 Å². The molecule has 0 aliphatic heterocycles. The fourth-order valence-corrected chi connectivity index (χ4v) is 1.92. The summed E-state index contributed by atoms with van der Waals surface area (Å²) in [5.74, 6) is -3.58. The van der Waals surface area contributed by atoms with Gasteiger partial charge in [-0.2, -0.15) is 4.39 Å². The lowest BCUT2D eigenvalue weighted by Crippen LogP contribution is -2.14. The number of nitro groups is 1. The predicted molar refractivity (Wildman–Crippen MR) is 77.4 cm³/mol. The lowest BCUT2D eigenvalue weighted by Gasteiger charge is -2.07. The number of nitro benzene ring substituents is 1. The lowest BCUT2D eigenvalue weighted by molar-refractivity contribution is -0.387. The van der Waals surface area contributed by atoms with Crippen LogP contribution in [0.2, 0.25) is 10.0 Å².